The molecule has 2 heterocycles. The summed E-state index contributed by atoms with van der Waals surface area (Å²) in [4.78, 5) is 3.91. The van der Waals surface area contributed by atoms with E-state index in [0.29, 0.717) is 36.5 Å². The van der Waals surface area contributed by atoms with E-state index in [9.17, 15) is 13.2 Å². The molecule has 0 aliphatic heterocycles. The SMILES string of the molecule is Cn1nc(CNCc2ccc(-n3ccnc3)c(F)c2)c2c1CCC(F)(F)C2. The lowest BCUT2D eigenvalue weighted by molar-refractivity contribution is -0.0130. The molecule has 4 rings (SSSR count). The van der Waals surface area contributed by atoms with Gasteiger partial charge >= 0.3 is 0 Å². The summed E-state index contributed by atoms with van der Waals surface area (Å²) in [5.74, 6) is -3.01. The molecule has 0 bridgehead atoms. The molecule has 0 atom stereocenters. The Morgan fingerprint density at radius 3 is 2.85 bits per heavy atom. The lowest BCUT2D eigenvalue weighted by Gasteiger charge is -2.22. The maximum Gasteiger partial charge on any atom is 0.252 e. The van der Waals surface area contributed by atoms with E-state index in [1.54, 1.807) is 34.8 Å². The van der Waals surface area contributed by atoms with E-state index < -0.39 is 5.92 Å². The lowest BCUT2D eigenvalue weighted by Crippen LogP contribution is -2.27. The second-order valence-corrected chi connectivity index (χ2v) is 6.89. The number of hydrogen-bond donors (Lipinski definition) is 1. The first-order valence-electron chi connectivity index (χ1n) is 8.82. The first kappa shape index (κ1) is 17.8. The molecule has 1 aromatic carbocycles. The van der Waals surface area contributed by atoms with Crippen LogP contribution in [0.4, 0.5) is 13.2 Å². The van der Waals surface area contributed by atoms with Gasteiger partial charge in [0.15, 0.2) is 0 Å². The molecular weight excluding hydrogens is 355 g/mol. The molecule has 2 aromatic heterocycles. The summed E-state index contributed by atoms with van der Waals surface area (Å²) >= 11 is 0. The third kappa shape index (κ3) is 3.62. The number of nitrogens with one attached hydrogen (secondary N) is 1. The van der Waals surface area contributed by atoms with Crippen molar-refractivity contribution in [1.29, 1.82) is 0 Å². The third-order valence-electron chi connectivity index (χ3n) is 4.94. The maximum atomic E-state index is 14.3. The summed E-state index contributed by atoms with van der Waals surface area (Å²) in [5, 5.41) is 7.57. The van der Waals surface area contributed by atoms with Crippen molar-refractivity contribution < 1.29 is 13.2 Å². The van der Waals surface area contributed by atoms with Crippen molar-refractivity contribution >= 4 is 0 Å². The van der Waals surface area contributed by atoms with Crippen LogP contribution in [0.5, 0.6) is 0 Å². The lowest BCUT2D eigenvalue weighted by atomic mass is 9.92. The van der Waals surface area contributed by atoms with Gasteiger partial charge in [-0.3, -0.25) is 4.68 Å². The van der Waals surface area contributed by atoms with Crippen LogP contribution in [0, 0.1) is 5.82 Å². The number of fused-ring (bicyclic) bond motifs is 1. The van der Waals surface area contributed by atoms with Crippen LogP contribution in [0.3, 0.4) is 0 Å². The van der Waals surface area contributed by atoms with Gasteiger partial charge in [0.05, 0.1) is 17.7 Å². The Kier molecular flexibility index (Phi) is 4.51. The minimum Gasteiger partial charge on any atom is -0.307 e. The zero-order valence-electron chi connectivity index (χ0n) is 14.9. The van der Waals surface area contributed by atoms with Crippen LogP contribution >= 0.6 is 0 Å². The number of hydrogen-bond acceptors (Lipinski definition) is 3. The molecular formula is C19H20F3N5. The molecule has 142 valence electrons. The Hall–Kier alpha value is -2.61. The van der Waals surface area contributed by atoms with Gasteiger partial charge in [0, 0.05) is 56.6 Å². The van der Waals surface area contributed by atoms with Crippen molar-refractivity contribution in [1.82, 2.24) is 24.6 Å². The van der Waals surface area contributed by atoms with E-state index >= 15 is 0 Å². The third-order valence-corrected chi connectivity index (χ3v) is 4.94. The van der Waals surface area contributed by atoms with E-state index in [-0.39, 0.29) is 18.7 Å². The summed E-state index contributed by atoms with van der Waals surface area (Å²) in [5.41, 5.74) is 3.36. The van der Waals surface area contributed by atoms with Crippen molar-refractivity contribution in [3.63, 3.8) is 0 Å². The molecule has 27 heavy (non-hydrogen) atoms. The fourth-order valence-electron chi connectivity index (χ4n) is 3.57. The summed E-state index contributed by atoms with van der Waals surface area (Å²) < 4.78 is 45.1. The van der Waals surface area contributed by atoms with Gasteiger partial charge in [-0.25, -0.2) is 18.2 Å². The molecule has 0 unspecified atom stereocenters. The largest absolute Gasteiger partial charge is 0.307 e. The van der Waals surface area contributed by atoms with Gasteiger partial charge in [0.1, 0.15) is 5.82 Å². The Morgan fingerprint density at radius 1 is 1.26 bits per heavy atom. The van der Waals surface area contributed by atoms with Gasteiger partial charge in [0.25, 0.3) is 5.92 Å². The number of imidazole rings is 1. The average molecular weight is 375 g/mol. The van der Waals surface area contributed by atoms with Crippen molar-refractivity contribution in [3.8, 4) is 5.69 Å². The van der Waals surface area contributed by atoms with E-state index in [1.807, 2.05) is 6.07 Å². The molecule has 1 aliphatic rings. The van der Waals surface area contributed by atoms with Crippen molar-refractivity contribution in [2.75, 3.05) is 0 Å². The van der Waals surface area contributed by atoms with Gasteiger partial charge in [-0.2, -0.15) is 5.10 Å². The Bertz CT molecular complexity index is 947. The van der Waals surface area contributed by atoms with Crippen LogP contribution in [-0.2, 0) is 33.0 Å². The zero-order chi connectivity index (χ0) is 19.0. The summed E-state index contributed by atoms with van der Waals surface area (Å²) in [7, 11) is 1.79. The molecule has 0 spiro atoms. The average Bonchev–Trinajstić information content (AvgIpc) is 3.23. The van der Waals surface area contributed by atoms with E-state index in [2.05, 4.69) is 15.4 Å². The molecule has 5 nitrogen and oxygen atoms in total. The molecule has 0 amide bonds. The highest BCUT2D eigenvalue weighted by Gasteiger charge is 2.37. The quantitative estimate of drug-likeness (QED) is 0.745. The fraction of sp³-hybridized carbons (Fsp3) is 0.368. The first-order valence-corrected chi connectivity index (χ1v) is 8.82. The smallest absolute Gasteiger partial charge is 0.252 e. The van der Waals surface area contributed by atoms with Gasteiger partial charge in [-0.15, -0.1) is 0 Å². The molecule has 0 fully saturated rings. The van der Waals surface area contributed by atoms with Crippen LogP contribution in [0.15, 0.2) is 36.9 Å². The van der Waals surface area contributed by atoms with Crippen LogP contribution in [0.25, 0.3) is 5.69 Å². The molecule has 1 aliphatic carbocycles. The van der Waals surface area contributed by atoms with Gasteiger partial charge in [-0.1, -0.05) is 6.07 Å². The summed E-state index contributed by atoms with van der Waals surface area (Å²) in [6.45, 7) is 0.785. The fourth-order valence-corrected chi connectivity index (χ4v) is 3.57. The summed E-state index contributed by atoms with van der Waals surface area (Å²) in [6, 6.07) is 4.98. The Labute approximate surface area is 154 Å². The van der Waals surface area contributed by atoms with Gasteiger partial charge in [-0.05, 0) is 24.1 Å². The zero-order valence-corrected chi connectivity index (χ0v) is 14.9. The topological polar surface area (TPSA) is 47.7 Å². The highest BCUT2D eigenvalue weighted by Crippen LogP contribution is 2.34. The predicted octanol–water partition coefficient (Wildman–Crippen LogP) is 3.16. The van der Waals surface area contributed by atoms with E-state index in [0.717, 1.165) is 11.3 Å². The second kappa shape index (κ2) is 6.84. The number of aromatic nitrogens is 4. The Balaban J connectivity index is 1.43. The van der Waals surface area contributed by atoms with E-state index in [4.69, 9.17) is 0 Å². The maximum absolute atomic E-state index is 14.3. The molecule has 1 N–H and O–H groups in total. The molecule has 0 radical (unpaired) electrons. The number of benzene rings is 1. The molecule has 0 saturated heterocycles. The standard InChI is InChI=1S/C19H20F3N5/c1-26-17-4-5-19(21,22)9-14(17)16(25-26)11-24-10-13-2-3-18(15(20)8-13)27-7-6-23-12-27/h2-3,6-8,12,24H,4-5,9-11H2,1H3. The van der Waals surface area contributed by atoms with Crippen molar-refractivity contribution in [2.45, 2.75) is 38.3 Å². The van der Waals surface area contributed by atoms with Crippen LogP contribution in [-0.4, -0.2) is 25.3 Å². The normalized spacial score (nSPS) is 15.7. The molecule has 8 heteroatoms. The van der Waals surface area contributed by atoms with Crippen LogP contribution in [0.2, 0.25) is 0 Å². The number of aryl methyl sites for hydroxylation is 1. The highest BCUT2D eigenvalue weighted by molar-refractivity contribution is 5.36. The van der Waals surface area contributed by atoms with Crippen molar-refractivity contribution in [2.24, 2.45) is 7.05 Å². The highest BCUT2D eigenvalue weighted by atomic mass is 19.3. The number of halogens is 3. The predicted molar refractivity (Wildman–Crippen MR) is 94.2 cm³/mol. The number of nitrogens with zero attached hydrogens (tertiary/aromatic N) is 4. The van der Waals surface area contributed by atoms with Crippen LogP contribution in [0.1, 0.15) is 28.9 Å². The van der Waals surface area contributed by atoms with E-state index in [1.165, 1.54) is 12.4 Å². The summed E-state index contributed by atoms with van der Waals surface area (Å²) in [6.07, 6.45) is 4.75. The van der Waals surface area contributed by atoms with Gasteiger partial charge < -0.3 is 9.88 Å². The molecule has 3 aromatic rings. The minimum atomic E-state index is -2.67. The molecule has 0 saturated carbocycles. The first-order chi connectivity index (χ1) is 12.9. The van der Waals surface area contributed by atoms with Crippen LogP contribution < -0.4 is 5.32 Å². The number of rotatable bonds is 5. The Morgan fingerprint density at radius 2 is 2.11 bits per heavy atom. The van der Waals surface area contributed by atoms with Gasteiger partial charge in [0.2, 0.25) is 0 Å². The minimum absolute atomic E-state index is 0.130. The number of alkyl halides is 2. The second-order valence-electron chi connectivity index (χ2n) is 6.89. The van der Waals surface area contributed by atoms with Crippen molar-refractivity contribution in [3.05, 3.63) is 65.3 Å². The monoisotopic (exact) mass is 375 g/mol.